The molecule has 1 aromatic carbocycles. The first kappa shape index (κ1) is 21.6. The van der Waals surface area contributed by atoms with Crippen LogP contribution < -0.4 is 15.2 Å². The van der Waals surface area contributed by atoms with Crippen LogP contribution in [0.4, 0.5) is 0 Å². The minimum atomic E-state index is -0.747. The van der Waals surface area contributed by atoms with Gasteiger partial charge in [0.2, 0.25) is 0 Å². The lowest BCUT2D eigenvalue weighted by Gasteiger charge is -2.09. The molecule has 0 saturated heterocycles. The normalized spacial score (nSPS) is 20.2. The van der Waals surface area contributed by atoms with Gasteiger partial charge in [0, 0.05) is 23.1 Å². The molecular weight excluding hydrogens is 390 g/mol. The third-order valence-corrected chi connectivity index (χ3v) is 7.20. The number of ether oxygens (including phenoxy) is 2. The molecule has 2 aliphatic carbocycles. The molecule has 1 fully saturated rings. The number of carboxylic acid groups (broad SMARTS) is 1. The number of benzene rings is 1. The second kappa shape index (κ2) is 8.34. The Labute approximate surface area is 175 Å². The van der Waals surface area contributed by atoms with Crippen LogP contribution in [0.25, 0.3) is 0 Å². The molecule has 1 saturated carbocycles. The molecular formula is C22H29NO5S. The second-order valence-electron chi connectivity index (χ2n) is 8.04. The number of aromatic carboxylic acids is 1. The Morgan fingerprint density at radius 1 is 1.38 bits per heavy atom. The number of carbonyl (C=O) groups is 1. The fourth-order valence-corrected chi connectivity index (χ4v) is 5.52. The quantitative estimate of drug-likeness (QED) is 0.662. The standard InChI is InChI=1S/C12H14O2S.C10H15NO3/c1-5-8-6(10(15-5)11(13)14)4-7-9(8)12(7,2)3;1-13-10-6-9(14-5-4-12)3-2-8(10)7-11/h7,9H,4H2,1-3H3,(H,13,14);2-3,6,12H,4-5,7,11H2,1H3/t7-,9-;/m1./s1. The highest BCUT2D eigenvalue weighted by Gasteiger charge is 2.63. The highest BCUT2D eigenvalue weighted by Crippen LogP contribution is 2.71. The van der Waals surface area contributed by atoms with Crippen LogP contribution in [0.2, 0.25) is 0 Å². The SMILES string of the molecule is COc1cc(OCCO)ccc1CN.Cc1sc(C(=O)O)c2c1[C@H]1[C@@H](C2)C1(C)C. The topological polar surface area (TPSA) is 102 Å². The lowest BCUT2D eigenvalue weighted by molar-refractivity contribution is 0.0701. The number of carboxylic acids is 1. The van der Waals surface area contributed by atoms with E-state index in [-0.39, 0.29) is 13.2 Å². The van der Waals surface area contributed by atoms with E-state index in [1.165, 1.54) is 21.8 Å². The highest BCUT2D eigenvalue weighted by molar-refractivity contribution is 7.14. The predicted octanol–water partition coefficient (Wildman–Crippen LogP) is 3.58. The third-order valence-electron chi connectivity index (χ3n) is 6.05. The summed E-state index contributed by atoms with van der Waals surface area (Å²) in [6, 6.07) is 5.42. The van der Waals surface area contributed by atoms with Gasteiger partial charge in [-0.25, -0.2) is 4.79 Å². The largest absolute Gasteiger partial charge is 0.496 e. The maximum Gasteiger partial charge on any atom is 0.346 e. The minimum Gasteiger partial charge on any atom is -0.496 e. The maximum absolute atomic E-state index is 11.1. The first-order valence-electron chi connectivity index (χ1n) is 9.72. The monoisotopic (exact) mass is 419 g/mol. The summed E-state index contributed by atoms with van der Waals surface area (Å²) in [5.74, 6) is 1.98. The summed E-state index contributed by atoms with van der Waals surface area (Å²) < 4.78 is 10.4. The van der Waals surface area contributed by atoms with E-state index in [0.717, 1.165) is 17.5 Å². The van der Waals surface area contributed by atoms with Gasteiger partial charge in [-0.15, -0.1) is 11.3 Å². The zero-order valence-electron chi connectivity index (χ0n) is 17.3. The van der Waals surface area contributed by atoms with Crippen molar-refractivity contribution in [2.45, 2.75) is 39.7 Å². The van der Waals surface area contributed by atoms with Gasteiger partial charge in [0.05, 0.1) is 13.7 Å². The van der Waals surface area contributed by atoms with E-state index in [1.54, 1.807) is 19.2 Å². The molecule has 2 aliphatic rings. The summed E-state index contributed by atoms with van der Waals surface area (Å²) in [7, 11) is 1.59. The molecule has 0 aliphatic heterocycles. The molecule has 4 rings (SSSR count). The molecule has 7 heteroatoms. The molecule has 2 aromatic rings. The van der Waals surface area contributed by atoms with Crippen LogP contribution in [0.15, 0.2) is 18.2 Å². The van der Waals surface area contributed by atoms with E-state index in [9.17, 15) is 4.79 Å². The Kier molecular flexibility index (Phi) is 6.22. The summed E-state index contributed by atoms with van der Waals surface area (Å²) in [6.45, 7) is 7.37. The number of hydrogen-bond donors (Lipinski definition) is 3. The van der Waals surface area contributed by atoms with Crippen molar-refractivity contribution < 1.29 is 24.5 Å². The van der Waals surface area contributed by atoms with Crippen molar-refractivity contribution in [3.8, 4) is 11.5 Å². The van der Waals surface area contributed by atoms with Gasteiger partial charge in [-0.1, -0.05) is 19.9 Å². The average molecular weight is 420 g/mol. The van der Waals surface area contributed by atoms with Crippen molar-refractivity contribution in [1.82, 2.24) is 0 Å². The van der Waals surface area contributed by atoms with Crippen molar-refractivity contribution in [2.24, 2.45) is 17.1 Å². The van der Waals surface area contributed by atoms with Gasteiger partial charge >= 0.3 is 5.97 Å². The first-order valence-corrected chi connectivity index (χ1v) is 10.5. The van der Waals surface area contributed by atoms with Gasteiger partial charge in [-0.2, -0.15) is 0 Å². The molecule has 158 valence electrons. The fourth-order valence-electron chi connectivity index (χ4n) is 4.45. The Hall–Kier alpha value is -2.09. The van der Waals surface area contributed by atoms with Crippen LogP contribution in [0.3, 0.4) is 0 Å². The number of aliphatic hydroxyl groups is 1. The third kappa shape index (κ3) is 3.99. The molecule has 29 heavy (non-hydrogen) atoms. The van der Waals surface area contributed by atoms with Crippen molar-refractivity contribution in [2.75, 3.05) is 20.3 Å². The van der Waals surface area contributed by atoms with Crippen LogP contribution in [0.5, 0.6) is 11.5 Å². The summed E-state index contributed by atoms with van der Waals surface area (Å²) in [5, 5.41) is 17.7. The zero-order valence-corrected chi connectivity index (χ0v) is 18.1. The van der Waals surface area contributed by atoms with E-state index in [1.807, 2.05) is 6.07 Å². The van der Waals surface area contributed by atoms with Gasteiger partial charge < -0.3 is 25.4 Å². The molecule has 1 aromatic heterocycles. The number of hydrogen-bond acceptors (Lipinski definition) is 6. The van der Waals surface area contributed by atoms with Crippen molar-refractivity contribution in [3.05, 3.63) is 44.6 Å². The van der Waals surface area contributed by atoms with Crippen molar-refractivity contribution in [3.63, 3.8) is 0 Å². The number of nitrogens with two attached hydrogens (primary N) is 1. The molecule has 6 nitrogen and oxygen atoms in total. The Balaban J connectivity index is 0.000000166. The van der Waals surface area contributed by atoms with Crippen LogP contribution in [0.1, 0.15) is 51.0 Å². The van der Waals surface area contributed by atoms with Crippen LogP contribution >= 0.6 is 11.3 Å². The number of methoxy groups -OCH3 is 1. The Morgan fingerprint density at radius 2 is 2.10 bits per heavy atom. The first-order chi connectivity index (χ1) is 13.8. The molecule has 0 bridgehead atoms. The van der Waals surface area contributed by atoms with Gasteiger partial charge in [0.1, 0.15) is 23.0 Å². The Bertz CT molecular complexity index is 905. The predicted molar refractivity (Wildman–Crippen MR) is 113 cm³/mol. The molecule has 1 heterocycles. The van der Waals surface area contributed by atoms with E-state index in [0.29, 0.717) is 40.2 Å². The second-order valence-corrected chi connectivity index (χ2v) is 9.27. The fraction of sp³-hybridized carbons (Fsp3) is 0.500. The van der Waals surface area contributed by atoms with Crippen molar-refractivity contribution in [1.29, 1.82) is 0 Å². The number of thiophene rings is 1. The van der Waals surface area contributed by atoms with E-state index >= 15 is 0 Å². The number of aryl methyl sites for hydroxylation is 1. The number of rotatable bonds is 6. The molecule has 0 spiro atoms. The van der Waals surface area contributed by atoms with Gasteiger partial charge in [0.25, 0.3) is 0 Å². The lowest BCUT2D eigenvalue weighted by atomic mass is 9.95. The van der Waals surface area contributed by atoms with Crippen LogP contribution in [-0.2, 0) is 13.0 Å². The smallest absolute Gasteiger partial charge is 0.346 e. The van der Waals surface area contributed by atoms with E-state index < -0.39 is 5.97 Å². The molecule has 0 unspecified atom stereocenters. The molecule has 2 atom stereocenters. The lowest BCUT2D eigenvalue weighted by Crippen LogP contribution is -2.03. The molecule has 0 radical (unpaired) electrons. The average Bonchev–Trinajstić information content (AvgIpc) is 3.03. The van der Waals surface area contributed by atoms with E-state index in [4.69, 9.17) is 25.4 Å². The van der Waals surface area contributed by atoms with Gasteiger partial charge in [-0.3, -0.25) is 0 Å². The highest BCUT2D eigenvalue weighted by atomic mass is 32.1. The van der Waals surface area contributed by atoms with Gasteiger partial charge in [-0.05, 0) is 47.8 Å². The summed E-state index contributed by atoms with van der Waals surface area (Å²) >= 11 is 1.46. The van der Waals surface area contributed by atoms with E-state index in [2.05, 4.69) is 20.8 Å². The summed E-state index contributed by atoms with van der Waals surface area (Å²) in [6.07, 6.45) is 0.985. The van der Waals surface area contributed by atoms with Crippen LogP contribution in [-0.4, -0.2) is 36.5 Å². The molecule has 0 amide bonds. The summed E-state index contributed by atoms with van der Waals surface area (Å²) in [5.41, 5.74) is 9.37. The Morgan fingerprint density at radius 3 is 2.69 bits per heavy atom. The zero-order chi connectivity index (χ0) is 21.3. The van der Waals surface area contributed by atoms with Gasteiger partial charge in [0.15, 0.2) is 0 Å². The number of aliphatic hydroxyl groups excluding tert-OH is 1. The molecule has 4 N–H and O–H groups in total. The summed E-state index contributed by atoms with van der Waals surface area (Å²) in [4.78, 5) is 12.9. The van der Waals surface area contributed by atoms with Crippen LogP contribution in [0, 0.1) is 18.3 Å². The number of fused-ring (bicyclic) bond motifs is 3. The van der Waals surface area contributed by atoms with Crippen molar-refractivity contribution >= 4 is 17.3 Å². The maximum atomic E-state index is 11.1. The minimum absolute atomic E-state index is 0.000948.